The average Bonchev–Trinajstić information content (AvgIpc) is 2.61. The lowest BCUT2D eigenvalue weighted by Gasteiger charge is -2.19. The fourth-order valence-corrected chi connectivity index (χ4v) is 3.68. The van der Waals surface area contributed by atoms with Gasteiger partial charge in [0, 0.05) is 13.1 Å². The minimum atomic E-state index is -3.64. The number of nitrogens with zero attached hydrogens (tertiary/aromatic N) is 2. The van der Waals surface area contributed by atoms with Crippen molar-refractivity contribution < 1.29 is 12.8 Å². The van der Waals surface area contributed by atoms with Gasteiger partial charge in [-0.15, -0.1) is 0 Å². The van der Waals surface area contributed by atoms with Crippen LogP contribution in [0.1, 0.15) is 5.56 Å². The molecule has 3 rings (SSSR count). The van der Waals surface area contributed by atoms with Gasteiger partial charge in [0.1, 0.15) is 5.82 Å². The van der Waals surface area contributed by atoms with Crippen molar-refractivity contribution in [3.63, 3.8) is 0 Å². The lowest BCUT2D eigenvalue weighted by molar-refractivity contribution is 0.592. The van der Waals surface area contributed by atoms with Crippen molar-refractivity contribution in [1.29, 1.82) is 0 Å². The summed E-state index contributed by atoms with van der Waals surface area (Å²) in [6, 6.07) is 13.2. The largest absolute Gasteiger partial charge is 0.326 e. The van der Waals surface area contributed by atoms with Crippen LogP contribution in [0.3, 0.4) is 0 Å². The number of benzene rings is 2. The molecule has 1 aliphatic heterocycles. The van der Waals surface area contributed by atoms with Crippen LogP contribution in [0.15, 0.2) is 48.5 Å². The summed E-state index contributed by atoms with van der Waals surface area (Å²) < 4.78 is 40.6. The van der Waals surface area contributed by atoms with Crippen LogP contribution in [-0.4, -0.2) is 15.5 Å². The lowest BCUT2D eigenvalue weighted by Crippen LogP contribution is -2.35. The van der Waals surface area contributed by atoms with Gasteiger partial charge in [-0.3, -0.25) is 4.31 Å². The van der Waals surface area contributed by atoms with Crippen LogP contribution >= 0.6 is 0 Å². The molecule has 0 spiro atoms. The van der Waals surface area contributed by atoms with Gasteiger partial charge >= 0.3 is 10.2 Å². The highest BCUT2D eigenvalue weighted by Gasteiger charge is 2.38. The monoisotopic (exact) mass is 292 g/mol. The highest BCUT2D eigenvalue weighted by Crippen LogP contribution is 2.40. The van der Waals surface area contributed by atoms with Gasteiger partial charge in [-0.2, -0.15) is 8.42 Å². The van der Waals surface area contributed by atoms with Crippen molar-refractivity contribution in [3.8, 4) is 0 Å². The summed E-state index contributed by atoms with van der Waals surface area (Å²) in [7, 11) is -2.17. The fourth-order valence-electron chi connectivity index (χ4n) is 2.28. The van der Waals surface area contributed by atoms with Gasteiger partial charge < -0.3 is 0 Å². The molecule has 0 saturated carbocycles. The Bertz CT molecular complexity index is 747. The van der Waals surface area contributed by atoms with Gasteiger partial charge in [0.2, 0.25) is 0 Å². The number of rotatable bonds is 2. The van der Waals surface area contributed by atoms with E-state index in [2.05, 4.69) is 0 Å². The molecule has 6 heteroatoms. The van der Waals surface area contributed by atoms with Crippen molar-refractivity contribution >= 4 is 21.6 Å². The van der Waals surface area contributed by atoms with Crippen molar-refractivity contribution in [3.05, 3.63) is 59.9 Å². The molecule has 0 atom stereocenters. The zero-order valence-electron chi connectivity index (χ0n) is 10.8. The van der Waals surface area contributed by atoms with E-state index >= 15 is 0 Å². The Labute approximate surface area is 117 Å². The molecule has 0 N–H and O–H groups in total. The van der Waals surface area contributed by atoms with Crippen molar-refractivity contribution in [1.82, 2.24) is 0 Å². The average molecular weight is 292 g/mol. The van der Waals surface area contributed by atoms with Crippen molar-refractivity contribution in [2.24, 2.45) is 0 Å². The predicted molar refractivity (Wildman–Crippen MR) is 76.3 cm³/mol. The molecule has 2 aromatic rings. The van der Waals surface area contributed by atoms with E-state index in [-0.39, 0.29) is 6.54 Å². The molecule has 0 unspecified atom stereocenters. The zero-order chi connectivity index (χ0) is 14.3. The van der Waals surface area contributed by atoms with Crippen molar-refractivity contribution in [2.75, 3.05) is 15.7 Å². The molecule has 1 heterocycles. The quantitative estimate of drug-likeness (QED) is 0.853. The molecule has 0 saturated heterocycles. The van der Waals surface area contributed by atoms with Crippen LogP contribution in [0.25, 0.3) is 0 Å². The maximum atomic E-state index is 13.4. The molecule has 20 heavy (non-hydrogen) atoms. The second kappa shape index (κ2) is 4.49. The molecule has 0 bridgehead atoms. The normalized spacial score (nSPS) is 16.3. The first-order chi connectivity index (χ1) is 9.50. The third-order valence-corrected chi connectivity index (χ3v) is 5.11. The third-order valence-electron chi connectivity index (χ3n) is 3.34. The first kappa shape index (κ1) is 12.9. The van der Waals surface area contributed by atoms with Crippen LogP contribution in [0.5, 0.6) is 0 Å². The van der Waals surface area contributed by atoms with Gasteiger partial charge in [0.15, 0.2) is 0 Å². The zero-order valence-corrected chi connectivity index (χ0v) is 11.6. The second-order valence-corrected chi connectivity index (χ2v) is 6.48. The van der Waals surface area contributed by atoms with E-state index in [4.69, 9.17) is 0 Å². The molecule has 0 amide bonds. The Morgan fingerprint density at radius 2 is 1.75 bits per heavy atom. The summed E-state index contributed by atoms with van der Waals surface area (Å²) >= 11 is 0. The van der Waals surface area contributed by atoms with Crippen LogP contribution in [-0.2, 0) is 16.8 Å². The number of halogens is 1. The molecule has 4 nitrogen and oxygen atoms in total. The van der Waals surface area contributed by atoms with Gasteiger partial charge in [0.05, 0.1) is 17.9 Å². The number of hydrogen-bond acceptors (Lipinski definition) is 2. The topological polar surface area (TPSA) is 40.6 Å². The smallest absolute Gasteiger partial charge is 0.254 e. The highest BCUT2D eigenvalue weighted by molar-refractivity contribution is 7.94. The Hall–Kier alpha value is -2.08. The molecule has 0 radical (unpaired) electrons. The molecule has 104 valence electrons. The summed E-state index contributed by atoms with van der Waals surface area (Å²) in [5, 5.41) is 0. The van der Waals surface area contributed by atoms with E-state index in [1.165, 1.54) is 33.9 Å². The molecule has 2 aromatic carbocycles. The van der Waals surface area contributed by atoms with E-state index < -0.39 is 16.0 Å². The number of anilines is 2. The standard InChI is InChI=1S/C14H13FN2O2S/c1-16-13-8-7-12(15)9-14(13)17(20(16,18)19)10-11-5-3-2-4-6-11/h2-9H,10H2,1H3. The van der Waals surface area contributed by atoms with Gasteiger partial charge in [-0.1, -0.05) is 30.3 Å². The second-order valence-electron chi connectivity index (χ2n) is 4.60. The van der Waals surface area contributed by atoms with E-state index in [9.17, 15) is 12.8 Å². The van der Waals surface area contributed by atoms with E-state index in [1.54, 1.807) is 0 Å². The van der Waals surface area contributed by atoms with Gasteiger partial charge in [0.25, 0.3) is 0 Å². The lowest BCUT2D eigenvalue weighted by atomic mass is 10.2. The Kier molecular flexibility index (Phi) is 2.90. The first-order valence-corrected chi connectivity index (χ1v) is 7.50. The maximum Gasteiger partial charge on any atom is 0.326 e. The summed E-state index contributed by atoms with van der Waals surface area (Å²) in [6.07, 6.45) is 0. The molecular weight excluding hydrogens is 279 g/mol. The van der Waals surface area contributed by atoms with Crippen LogP contribution in [0.2, 0.25) is 0 Å². The number of hydrogen-bond donors (Lipinski definition) is 0. The molecule has 1 aliphatic rings. The van der Waals surface area contributed by atoms with E-state index in [1.807, 2.05) is 30.3 Å². The van der Waals surface area contributed by atoms with E-state index in [0.717, 1.165) is 5.56 Å². The van der Waals surface area contributed by atoms with Gasteiger partial charge in [-0.25, -0.2) is 8.70 Å². The summed E-state index contributed by atoms with van der Waals surface area (Å²) in [4.78, 5) is 0. The molecule has 0 aromatic heterocycles. The van der Waals surface area contributed by atoms with Gasteiger partial charge in [-0.05, 0) is 17.7 Å². The molecule has 0 fully saturated rings. The SMILES string of the molecule is CN1c2ccc(F)cc2N(Cc2ccccc2)S1(=O)=O. The Morgan fingerprint density at radius 3 is 2.45 bits per heavy atom. The summed E-state index contributed by atoms with van der Waals surface area (Å²) in [5.41, 5.74) is 1.71. The Morgan fingerprint density at radius 1 is 1.05 bits per heavy atom. The van der Waals surface area contributed by atoms with E-state index in [0.29, 0.717) is 11.4 Å². The number of fused-ring (bicyclic) bond motifs is 1. The first-order valence-electron chi connectivity index (χ1n) is 6.10. The highest BCUT2D eigenvalue weighted by atomic mass is 32.2. The fraction of sp³-hybridized carbons (Fsp3) is 0.143. The third kappa shape index (κ3) is 1.92. The minimum absolute atomic E-state index is 0.184. The molecule has 0 aliphatic carbocycles. The summed E-state index contributed by atoms with van der Waals surface area (Å²) in [6.45, 7) is 0.184. The predicted octanol–water partition coefficient (Wildman–Crippen LogP) is 2.53. The molecular formula is C14H13FN2O2S. The minimum Gasteiger partial charge on any atom is -0.254 e. The maximum absolute atomic E-state index is 13.4. The Balaban J connectivity index is 2.08. The summed E-state index contributed by atoms with van der Waals surface area (Å²) in [5.74, 6) is -0.452. The van der Waals surface area contributed by atoms with Crippen LogP contribution < -0.4 is 8.61 Å². The van der Waals surface area contributed by atoms with Crippen molar-refractivity contribution in [2.45, 2.75) is 6.54 Å². The van der Waals surface area contributed by atoms with Crippen LogP contribution in [0.4, 0.5) is 15.8 Å². The van der Waals surface area contributed by atoms with Crippen LogP contribution in [0, 0.1) is 5.82 Å².